The molecule has 0 atom stereocenters. The van der Waals surface area contributed by atoms with E-state index < -0.39 is 34.8 Å². The zero-order chi connectivity index (χ0) is 20.9. The molecule has 3 rings (SSSR count). The maximum atomic E-state index is 12.8. The summed E-state index contributed by atoms with van der Waals surface area (Å²) in [5.41, 5.74) is 0.454. The van der Waals surface area contributed by atoms with Gasteiger partial charge < -0.3 is 4.57 Å². The van der Waals surface area contributed by atoms with Crippen LogP contribution in [0.5, 0.6) is 0 Å². The number of nitrogens with zero attached hydrogens (tertiary/aromatic N) is 2. The Morgan fingerprint density at radius 1 is 0.857 bits per heavy atom. The fourth-order valence-corrected chi connectivity index (χ4v) is 3.10. The molecule has 0 spiro atoms. The Labute approximate surface area is 153 Å². The largest absolute Gasteiger partial charge is 0.472 e. The fourth-order valence-electron chi connectivity index (χ4n) is 3.10. The molecule has 2 amide bonds. The highest BCUT2D eigenvalue weighted by Crippen LogP contribution is 2.35. The number of benzene rings is 2. The number of carbonyl (C=O) groups excluding carboxylic acids is 2. The normalized spacial score (nSPS) is 12.5. The molecule has 148 valence electrons. The molecule has 2 aromatic carbocycles. The van der Waals surface area contributed by atoms with E-state index in [9.17, 15) is 35.9 Å². The average Bonchev–Trinajstić information content (AvgIpc) is 2.93. The van der Waals surface area contributed by atoms with Crippen molar-refractivity contribution in [2.24, 2.45) is 0 Å². The minimum Gasteiger partial charge on any atom is -0.341 e. The van der Waals surface area contributed by atoms with Crippen molar-refractivity contribution >= 4 is 39.3 Å². The number of hydrogen-bond donors (Lipinski definition) is 0. The van der Waals surface area contributed by atoms with E-state index in [2.05, 4.69) is 0 Å². The maximum Gasteiger partial charge on any atom is 0.472 e. The van der Waals surface area contributed by atoms with Gasteiger partial charge in [0, 0.05) is 28.4 Å². The third kappa shape index (κ3) is 3.19. The fraction of sp³-hybridized carbons (Fsp3) is 0.222. The van der Waals surface area contributed by atoms with Crippen LogP contribution in [0.25, 0.3) is 21.8 Å². The first-order chi connectivity index (χ1) is 13.0. The summed E-state index contributed by atoms with van der Waals surface area (Å²) in [5, 5.41) is 0.893. The Morgan fingerprint density at radius 3 is 1.93 bits per heavy atom. The van der Waals surface area contributed by atoms with E-state index in [1.807, 2.05) is 11.5 Å². The Hall–Kier alpha value is -3.04. The van der Waals surface area contributed by atoms with Crippen molar-refractivity contribution in [3.63, 3.8) is 0 Å². The number of carbonyl (C=O) groups is 2. The summed E-state index contributed by atoms with van der Waals surface area (Å²) in [7, 11) is 0. The highest BCUT2D eigenvalue weighted by atomic mass is 19.4. The van der Waals surface area contributed by atoms with Gasteiger partial charge in [-0.1, -0.05) is 18.2 Å². The van der Waals surface area contributed by atoms with E-state index in [1.54, 1.807) is 24.3 Å². The maximum absolute atomic E-state index is 12.8. The zero-order valence-electron chi connectivity index (χ0n) is 14.2. The van der Waals surface area contributed by atoms with Gasteiger partial charge in [0.25, 0.3) is 0 Å². The molecule has 0 aliphatic rings. The summed E-state index contributed by atoms with van der Waals surface area (Å²) in [4.78, 5) is 22.3. The first-order valence-corrected chi connectivity index (χ1v) is 8.00. The van der Waals surface area contributed by atoms with Gasteiger partial charge in [-0.15, -0.1) is 0 Å². The summed E-state index contributed by atoms with van der Waals surface area (Å²) in [6.45, 7) is 2.32. The van der Waals surface area contributed by atoms with Crippen LogP contribution in [0.4, 0.5) is 32.0 Å². The molecular weight excluding hydrogens is 390 g/mol. The monoisotopic (exact) mass is 402 g/mol. The molecule has 10 heteroatoms. The third-order valence-electron chi connectivity index (χ3n) is 4.22. The number of rotatable bonds is 2. The number of anilines is 1. The molecule has 3 aromatic rings. The van der Waals surface area contributed by atoms with Crippen molar-refractivity contribution < 1.29 is 35.9 Å². The number of alkyl halides is 6. The van der Waals surface area contributed by atoms with Crippen LogP contribution >= 0.6 is 0 Å². The summed E-state index contributed by atoms with van der Waals surface area (Å²) in [5.74, 6) is -5.82. The summed E-state index contributed by atoms with van der Waals surface area (Å²) >= 11 is 0. The van der Waals surface area contributed by atoms with E-state index in [-0.39, 0.29) is 0 Å². The van der Waals surface area contributed by atoms with Crippen molar-refractivity contribution in [2.75, 3.05) is 4.90 Å². The van der Waals surface area contributed by atoms with Crippen LogP contribution in [0.15, 0.2) is 42.5 Å². The van der Waals surface area contributed by atoms with E-state index in [1.165, 1.54) is 6.07 Å². The number of halogens is 6. The molecule has 4 nitrogen and oxygen atoms in total. The molecule has 1 aromatic heterocycles. The number of hydrogen-bond acceptors (Lipinski definition) is 2. The number of para-hydroxylation sites is 1. The van der Waals surface area contributed by atoms with Crippen molar-refractivity contribution in [1.29, 1.82) is 0 Å². The van der Waals surface area contributed by atoms with Crippen LogP contribution in [-0.2, 0) is 16.1 Å². The minimum absolute atomic E-state index is 0.324. The van der Waals surface area contributed by atoms with Gasteiger partial charge in [0.05, 0.1) is 5.69 Å². The Morgan fingerprint density at radius 2 is 1.39 bits per heavy atom. The second-order valence-electron chi connectivity index (χ2n) is 5.90. The number of fused-ring (bicyclic) bond motifs is 3. The average molecular weight is 402 g/mol. The number of aromatic nitrogens is 1. The zero-order valence-corrected chi connectivity index (χ0v) is 14.2. The van der Waals surface area contributed by atoms with Crippen molar-refractivity contribution in [2.45, 2.75) is 25.8 Å². The predicted molar refractivity (Wildman–Crippen MR) is 89.7 cm³/mol. The van der Waals surface area contributed by atoms with Gasteiger partial charge in [-0.2, -0.15) is 26.3 Å². The highest BCUT2D eigenvalue weighted by molar-refractivity contribution is 6.20. The molecule has 0 bridgehead atoms. The van der Waals surface area contributed by atoms with Gasteiger partial charge in [-0.3, -0.25) is 9.59 Å². The third-order valence-corrected chi connectivity index (χ3v) is 4.22. The number of imide groups is 1. The van der Waals surface area contributed by atoms with Gasteiger partial charge in [-0.05, 0) is 31.2 Å². The van der Waals surface area contributed by atoms with Crippen LogP contribution in [0.1, 0.15) is 6.92 Å². The molecule has 0 saturated carbocycles. The lowest BCUT2D eigenvalue weighted by Gasteiger charge is -2.23. The van der Waals surface area contributed by atoms with E-state index in [0.29, 0.717) is 28.4 Å². The molecule has 0 N–H and O–H groups in total. The summed E-state index contributed by atoms with van der Waals surface area (Å²) in [6, 6.07) is 9.95. The summed E-state index contributed by atoms with van der Waals surface area (Å²) < 4.78 is 78.9. The van der Waals surface area contributed by atoms with E-state index in [0.717, 1.165) is 12.1 Å². The molecular formula is C18H12F6N2O2. The molecule has 28 heavy (non-hydrogen) atoms. The molecule has 0 saturated heterocycles. The molecule has 0 aliphatic heterocycles. The molecule has 0 radical (unpaired) electrons. The molecule has 1 heterocycles. The second-order valence-corrected chi connectivity index (χ2v) is 5.90. The Kier molecular flexibility index (Phi) is 4.60. The van der Waals surface area contributed by atoms with Gasteiger partial charge in [-0.25, -0.2) is 4.90 Å². The van der Waals surface area contributed by atoms with E-state index >= 15 is 0 Å². The van der Waals surface area contributed by atoms with E-state index in [4.69, 9.17) is 0 Å². The topological polar surface area (TPSA) is 42.3 Å². The molecule has 0 unspecified atom stereocenters. The van der Waals surface area contributed by atoms with Crippen molar-refractivity contribution in [1.82, 2.24) is 4.57 Å². The highest BCUT2D eigenvalue weighted by Gasteiger charge is 2.52. The van der Waals surface area contributed by atoms with Crippen LogP contribution < -0.4 is 4.90 Å². The Balaban J connectivity index is 2.28. The van der Waals surface area contributed by atoms with Gasteiger partial charge >= 0.3 is 24.2 Å². The van der Waals surface area contributed by atoms with Crippen LogP contribution in [0.2, 0.25) is 0 Å². The van der Waals surface area contributed by atoms with Crippen LogP contribution in [0.3, 0.4) is 0 Å². The molecule has 0 aliphatic carbocycles. The lowest BCUT2D eigenvalue weighted by Crippen LogP contribution is -2.50. The van der Waals surface area contributed by atoms with Crippen molar-refractivity contribution in [3.05, 3.63) is 42.5 Å². The lowest BCUT2D eigenvalue weighted by molar-refractivity contribution is -0.181. The SMILES string of the molecule is CCn1c2ccccc2c2cc(N(C(=O)C(F)(F)F)C(=O)C(F)(F)F)ccc21. The first kappa shape index (κ1) is 19.7. The Bertz CT molecular complexity index is 1060. The van der Waals surface area contributed by atoms with Gasteiger partial charge in [0.15, 0.2) is 0 Å². The first-order valence-electron chi connectivity index (χ1n) is 8.00. The standard InChI is InChI=1S/C18H12F6N2O2/c1-2-25-13-6-4-3-5-11(13)12-9-10(7-8-14(12)25)26(15(27)17(19,20)21)16(28)18(22,23)24/h3-9H,2H2,1H3. The lowest BCUT2D eigenvalue weighted by atomic mass is 10.1. The smallest absolute Gasteiger partial charge is 0.341 e. The van der Waals surface area contributed by atoms with Gasteiger partial charge in [0.1, 0.15) is 0 Å². The van der Waals surface area contributed by atoms with Gasteiger partial charge in [0.2, 0.25) is 0 Å². The second kappa shape index (κ2) is 6.54. The minimum atomic E-state index is -5.66. The number of amides is 2. The van der Waals surface area contributed by atoms with Crippen molar-refractivity contribution in [3.8, 4) is 0 Å². The summed E-state index contributed by atoms with van der Waals surface area (Å²) in [6.07, 6.45) is -11.3. The van der Waals surface area contributed by atoms with Crippen LogP contribution in [-0.4, -0.2) is 28.7 Å². The number of aryl methyl sites for hydroxylation is 1. The van der Waals surface area contributed by atoms with Crippen LogP contribution in [0, 0.1) is 0 Å². The predicted octanol–water partition coefficient (Wildman–Crippen LogP) is 4.80. The quantitative estimate of drug-likeness (QED) is 0.578. The molecule has 0 fully saturated rings.